The normalized spacial score (nSPS) is 15.2. The van der Waals surface area contributed by atoms with E-state index in [2.05, 4.69) is 21.6 Å². The second-order valence-electron chi connectivity index (χ2n) is 2.92. The third-order valence-electron chi connectivity index (χ3n) is 2.07. The molecule has 1 unspecified atom stereocenters. The monoisotopic (exact) mass is 165 g/mol. The highest BCUT2D eigenvalue weighted by Crippen LogP contribution is 2.22. The van der Waals surface area contributed by atoms with Crippen molar-refractivity contribution in [2.45, 2.75) is 25.7 Å². The van der Waals surface area contributed by atoms with Gasteiger partial charge in [-0.15, -0.1) is 5.10 Å². The van der Waals surface area contributed by atoms with Crippen molar-refractivity contribution in [3.63, 3.8) is 0 Å². The van der Waals surface area contributed by atoms with E-state index in [0.717, 1.165) is 0 Å². The van der Waals surface area contributed by atoms with Crippen LogP contribution in [0.25, 0.3) is 0 Å². The fourth-order valence-corrected chi connectivity index (χ4v) is 0.984. The van der Waals surface area contributed by atoms with Gasteiger partial charge in [0.2, 0.25) is 0 Å². The first kappa shape index (κ1) is 8.65. The zero-order chi connectivity index (χ0) is 9.19. The van der Waals surface area contributed by atoms with Crippen LogP contribution in [0.15, 0.2) is 0 Å². The summed E-state index contributed by atoms with van der Waals surface area (Å²) < 4.78 is 1.53. The van der Waals surface area contributed by atoms with E-state index in [1.807, 2.05) is 13.8 Å². The number of hydrogen-bond donors (Lipinski definition) is 0. The fourth-order valence-electron chi connectivity index (χ4n) is 0.984. The predicted octanol–water partition coefficient (Wildman–Crippen LogP) is 0.401. The highest BCUT2D eigenvalue weighted by Gasteiger charge is 2.29. The van der Waals surface area contributed by atoms with Crippen LogP contribution >= 0.6 is 0 Å². The highest BCUT2D eigenvalue weighted by atomic mass is 15.5. The molecule has 0 amide bonds. The van der Waals surface area contributed by atoms with Crippen molar-refractivity contribution < 1.29 is 0 Å². The fraction of sp³-hybridized carbons (Fsp3) is 0.714. The maximum Gasteiger partial charge on any atom is 0.170 e. The topological polar surface area (TPSA) is 67.4 Å². The number of hydrogen-bond acceptors (Lipinski definition) is 4. The molecule has 0 bridgehead atoms. The van der Waals surface area contributed by atoms with Crippen LogP contribution < -0.4 is 0 Å². The first-order chi connectivity index (χ1) is 5.64. The van der Waals surface area contributed by atoms with Gasteiger partial charge in [0, 0.05) is 7.05 Å². The SMILES string of the molecule is CCC(C)(C#N)c1nnnn1C. The quantitative estimate of drug-likeness (QED) is 0.636. The second kappa shape index (κ2) is 2.89. The van der Waals surface area contributed by atoms with Gasteiger partial charge in [0.1, 0.15) is 5.41 Å². The van der Waals surface area contributed by atoms with Crippen LogP contribution in [0.2, 0.25) is 0 Å². The number of aromatic nitrogens is 4. The van der Waals surface area contributed by atoms with Gasteiger partial charge in [-0.3, -0.25) is 0 Å². The van der Waals surface area contributed by atoms with Gasteiger partial charge < -0.3 is 0 Å². The van der Waals surface area contributed by atoms with Crippen molar-refractivity contribution in [3.05, 3.63) is 5.82 Å². The zero-order valence-corrected chi connectivity index (χ0v) is 7.44. The predicted molar refractivity (Wildman–Crippen MR) is 42.1 cm³/mol. The number of nitrogens with zero attached hydrogens (tertiary/aromatic N) is 5. The lowest BCUT2D eigenvalue weighted by Gasteiger charge is -2.15. The minimum atomic E-state index is -0.571. The van der Waals surface area contributed by atoms with E-state index in [-0.39, 0.29) is 0 Å². The van der Waals surface area contributed by atoms with Gasteiger partial charge in [-0.05, 0) is 23.8 Å². The summed E-state index contributed by atoms with van der Waals surface area (Å²) in [6.45, 7) is 3.77. The van der Waals surface area contributed by atoms with Crippen LogP contribution in [0.5, 0.6) is 0 Å². The van der Waals surface area contributed by atoms with E-state index >= 15 is 0 Å². The molecule has 1 aromatic heterocycles. The van der Waals surface area contributed by atoms with Crippen LogP contribution in [0.1, 0.15) is 26.1 Å². The summed E-state index contributed by atoms with van der Waals surface area (Å²) >= 11 is 0. The molecule has 1 rings (SSSR count). The molecule has 0 saturated heterocycles. The standard InChI is InChI=1S/C7H11N5/c1-4-7(2,5-8)6-9-10-11-12(6)3/h4H2,1-3H3. The highest BCUT2D eigenvalue weighted by molar-refractivity contribution is 5.16. The van der Waals surface area contributed by atoms with Crippen LogP contribution in [0.3, 0.4) is 0 Å². The minimum absolute atomic E-state index is 0.571. The summed E-state index contributed by atoms with van der Waals surface area (Å²) in [7, 11) is 1.74. The van der Waals surface area contributed by atoms with E-state index < -0.39 is 5.41 Å². The van der Waals surface area contributed by atoms with Gasteiger partial charge in [-0.2, -0.15) is 5.26 Å². The molecule has 1 heterocycles. The zero-order valence-electron chi connectivity index (χ0n) is 7.44. The van der Waals surface area contributed by atoms with Gasteiger partial charge in [-0.1, -0.05) is 6.92 Å². The molecule has 0 aromatic carbocycles. The molecule has 0 aliphatic carbocycles. The van der Waals surface area contributed by atoms with Crippen molar-refractivity contribution in [2.24, 2.45) is 7.05 Å². The van der Waals surface area contributed by atoms with E-state index in [0.29, 0.717) is 12.2 Å². The molecule has 64 valence electrons. The average Bonchev–Trinajstić information content (AvgIpc) is 2.51. The van der Waals surface area contributed by atoms with E-state index in [1.54, 1.807) is 7.05 Å². The number of aryl methyl sites for hydroxylation is 1. The van der Waals surface area contributed by atoms with E-state index in [9.17, 15) is 0 Å². The first-order valence-corrected chi connectivity index (χ1v) is 3.78. The van der Waals surface area contributed by atoms with Crippen molar-refractivity contribution in [1.82, 2.24) is 20.2 Å². The van der Waals surface area contributed by atoms with Crippen molar-refractivity contribution in [3.8, 4) is 6.07 Å². The molecule has 0 aliphatic rings. The summed E-state index contributed by atoms with van der Waals surface area (Å²) in [5, 5.41) is 19.9. The van der Waals surface area contributed by atoms with Crippen LogP contribution in [-0.2, 0) is 12.5 Å². The number of nitriles is 1. The lowest BCUT2D eigenvalue weighted by atomic mass is 9.89. The van der Waals surface area contributed by atoms with Crippen molar-refractivity contribution in [1.29, 1.82) is 5.26 Å². The summed E-state index contributed by atoms with van der Waals surface area (Å²) in [6, 6.07) is 2.21. The van der Waals surface area contributed by atoms with Gasteiger partial charge in [0.05, 0.1) is 6.07 Å². The molecule has 0 aliphatic heterocycles. The molecule has 0 saturated carbocycles. The minimum Gasteiger partial charge on any atom is -0.231 e. The van der Waals surface area contributed by atoms with Gasteiger partial charge >= 0.3 is 0 Å². The third-order valence-corrected chi connectivity index (χ3v) is 2.07. The molecule has 5 nitrogen and oxygen atoms in total. The Morgan fingerprint density at radius 1 is 1.67 bits per heavy atom. The molecule has 0 spiro atoms. The largest absolute Gasteiger partial charge is 0.231 e. The molecular formula is C7H11N5. The molecule has 0 fully saturated rings. The Kier molecular flexibility index (Phi) is 2.09. The molecule has 0 radical (unpaired) electrons. The molecule has 5 heteroatoms. The van der Waals surface area contributed by atoms with Gasteiger partial charge in [0.25, 0.3) is 0 Å². The van der Waals surface area contributed by atoms with Crippen molar-refractivity contribution in [2.75, 3.05) is 0 Å². The Balaban J connectivity index is 3.13. The Hall–Kier alpha value is -1.44. The Labute approximate surface area is 71.0 Å². The lowest BCUT2D eigenvalue weighted by molar-refractivity contribution is 0.510. The molecule has 1 aromatic rings. The van der Waals surface area contributed by atoms with Gasteiger partial charge in [-0.25, -0.2) is 4.68 Å². The molecular weight excluding hydrogens is 154 g/mol. The summed E-state index contributed by atoms with van der Waals surface area (Å²) in [4.78, 5) is 0. The van der Waals surface area contributed by atoms with Crippen LogP contribution in [-0.4, -0.2) is 20.2 Å². The average molecular weight is 165 g/mol. The first-order valence-electron chi connectivity index (χ1n) is 3.78. The van der Waals surface area contributed by atoms with E-state index in [1.165, 1.54) is 4.68 Å². The van der Waals surface area contributed by atoms with E-state index in [4.69, 9.17) is 5.26 Å². The summed E-state index contributed by atoms with van der Waals surface area (Å²) in [6.07, 6.45) is 0.706. The number of tetrazole rings is 1. The summed E-state index contributed by atoms with van der Waals surface area (Å²) in [5.41, 5.74) is -0.571. The maximum atomic E-state index is 8.92. The molecule has 1 atom stereocenters. The lowest BCUT2D eigenvalue weighted by Crippen LogP contribution is -2.23. The third kappa shape index (κ3) is 1.16. The Bertz CT molecular complexity index is 310. The smallest absolute Gasteiger partial charge is 0.170 e. The van der Waals surface area contributed by atoms with Crippen LogP contribution in [0, 0.1) is 11.3 Å². The van der Waals surface area contributed by atoms with Crippen LogP contribution in [0.4, 0.5) is 0 Å². The summed E-state index contributed by atoms with van der Waals surface area (Å²) in [5.74, 6) is 0.618. The Morgan fingerprint density at radius 3 is 2.67 bits per heavy atom. The maximum absolute atomic E-state index is 8.92. The number of rotatable bonds is 2. The van der Waals surface area contributed by atoms with Crippen molar-refractivity contribution >= 4 is 0 Å². The Morgan fingerprint density at radius 2 is 2.33 bits per heavy atom. The molecule has 12 heavy (non-hydrogen) atoms. The van der Waals surface area contributed by atoms with Gasteiger partial charge in [0.15, 0.2) is 5.82 Å². The molecule has 0 N–H and O–H groups in total. The second-order valence-corrected chi connectivity index (χ2v) is 2.92.